The van der Waals surface area contributed by atoms with E-state index in [9.17, 15) is 0 Å². The summed E-state index contributed by atoms with van der Waals surface area (Å²) in [4.78, 5) is 9.96. The first kappa shape index (κ1) is 45.7. The molecule has 0 saturated heterocycles. The molecule has 7 aromatic carbocycles. The molecule has 69 heavy (non-hydrogen) atoms. The van der Waals surface area contributed by atoms with Crippen LogP contribution in [0.25, 0.3) is 49.9 Å². The minimum absolute atomic E-state index is 0.0170. The van der Waals surface area contributed by atoms with Crippen LogP contribution in [-0.4, -0.2) is 16.2 Å². The van der Waals surface area contributed by atoms with E-state index in [1.54, 1.807) is 0 Å². The summed E-state index contributed by atoms with van der Waals surface area (Å²) in [5.74, 6) is 2.41. The second kappa shape index (κ2) is 16.8. The molecule has 2 aromatic heterocycles. The number of hydrogen-bond donors (Lipinski definition) is 0. The minimum Gasteiger partial charge on any atom is -0.457 e. The number of hydrogen-bond acceptors (Lipinski definition) is 4. The second-order valence-corrected chi connectivity index (χ2v) is 23.1. The lowest BCUT2D eigenvalue weighted by atomic mass is 9.73. The Morgan fingerprint density at radius 2 is 1.01 bits per heavy atom. The van der Waals surface area contributed by atoms with Crippen LogP contribution in [-0.2, 0) is 21.7 Å². The number of benzene rings is 7. The molecule has 0 atom stereocenters. The zero-order valence-electron chi connectivity index (χ0n) is 42.6. The molecule has 0 aliphatic carbocycles. The lowest BCUT2D eigenvalue weighted by Gasteiger charge is -2.31. The Kier molecular flexibility index (Phi) is 11.1. The summed E-state index contributed by atoms with van der Waals surface area (Å²) in [6, 6.07) is 59.7. The van der Waals surface area contributed by atoms with Gasteiger partial charge in [-0.1, -0.05) is 150 Å². The van der Waals surface area contributed by atoms with Crippen LogP contribution in [0.1, 0.15) is 105 Å². The molecule has 0 amide bonds. The van der Waals surface area contributed by atoms with Crippen LogP contribution in [0.2, 0.25) is 0 Å². The molecule has 0 saturated carbocycles. The van der Waals surface area contributed by atoms with Crippen LogP contribution >= 0.6 is 0 Å². The van der Waals surface area contributed by atoms with Gasteiger partial charge in [0.1, 0.15) is 24.0 Å². The molecule has 0 unspecified atom stereocenters. The molecule has 1 aliphatic heterocycles. The smallest absolute Gasteiger partial charge is 0.138 e. The maximum Gasteiger partial charge on any atom is 0.138 e. The van der Waals surface area contributed by atoms with Gasteiger partial charge in [-0.15, -0.1) is 0 Å². The monoisotopic (exact) mass is 907 g/mol. The topological polar surface area (TPSA) is 33.5 Å². The van der Waals surface area contributed by atoms with Crippen LogP contribution in [0.5, 0.6) is 11.5 Å². The Balaban J connectivity index is 1.07. The van der Waals surface area contributed by atoms with Crippen molar-refractivity contribution in [2.45, 2.75) is 105 Å². The molecule has 10 rings (SSSR count). The molecule has 348 valence electrons. The quantitative estimate of drug-likeness (QED) is 0.160. The molecule has 0 bridgehead atoms. The molecule has 1 aliphatic rings. The SMILES string of the molecule is CC(C)(C)c1cccc(N2CN(c3cccc(Oc4ccc5c6cc(C(C)(C)C)ccc6n(-c6cc(-c7c(C(C)(C)C)cc(-c8ccccc8)cc7C(C)(C)C)ccn6)c5c4)c3)c3ccccc32)c1. The van der Waals surface area contributed by atoms with Crippen LogP contribution in [0.3, 0.4) is 0 Å². The van der Waals surface area contributed by atoms with E-state index in [0.717, 1.165) is 45.0 Å². The predicted octanol–water partition coefficient (Wildman–Crippen LogP) is 17.7. The molecule has 5 nitrogen and oxygen atoms in total. The number of ether oxygens (including phenoxy) is 1. The Bertz CT molecular complexity index is 3350. The van der Waals surface area contributed by atoms with Gasteiger partial charge in [0.25, 0.3) is 0 Å². The number of rotatable bonds is 7. The van der Waals surface area contributed by atoms with Gasteiger partial charge in [-0.05, 0) is 151 Å². The van der Waals surface area contributed by atoms with Gasteiger partial charge in [-0.3, -0.25) is 4.57 Å². The minimum atomic E-state index is -0.126. The summed E-state index contributed by atoms with van der Waals surface area (Å²) in [6.07, 6.45) is 1.99. The van der Waals surface area contributed by atoms with E-state index in [4.69, 9.17) is 9.72 Å². The highest BCUT2D eigenvalue weighted by atomic mass is 16.5. The number of fused-ring (bicyclic) bond motifs is 4. The predicted molar refractivity (Wildman–Crippen MR) is 293 cm³/mol. The van der Waals surface area contributed by atoms with E-state index in [-0.39, 0.29) is 21.7 Å². The molecule has 3 heterocycles. The summed E-state index contributed by atoms with van der Waals surface area (Å²) >= 11 is 0. The molecule has 0 radical (unpaired) electrons. The number of anilines is 4. The average Bonchev–Trinajstić information content (AvgIpc) is 3.86. The van der Waals surface area contributed by atoms with Crippen molar-refractivity contribution >= 4 is 44.6 Å². The van der Waals surface area contributed by atoms with E-state index in [1.165, 1.54) is 61.4 Å². The molecule has 9 aromatic rings. The van der Waals surface area contributed by atoms with Gasteiger partial charge in [0, 0.05) is 40.5 Å². The highest BCUT2D eigenvalue weighted by Crippen LogP contribution is 2.47. The van der Waals surface area contributed by atoms with Crippen LogP contribution in [0, 0.1) is 0 Å². The Labute approximate surface area is 410 Å². The first-order valence-corrected chi connectivity index (χ1v) is 24.5. The fourth-order valence-corrected chi connectivity index (χ4v) is 10.1. The normalized spacial score (nSPS) is 13.4. The molecule has 5 heteroatoms. The van der Waals surface area contributed by atoms with Crippen molar-refractivity contribution < 1.29 is 4.74 Å². The second-order valence-electron chi connectivity index (χ2n) is 23.1. The Morgan fingerprint density at radius 1 is 0.420 bits per heavy atom. The van der Waals surface area contributed by atoms with Crippen LogP contribution < -0.4 is 14.5 Å². The Morgan fingerprint density at radius 3 is 1.65 bits per heavy atom. The van der Waals surface area contributed by atoms with Gasteiger partial charge in [-0.25, -0.2) is 4.98 Å². The third-order valence-corrected chi connectivity index (χ3v) is 13.9. The number of aromatic nitrogens is 2. The van der Waals surface area contributed by atoms with Gasteiger partial charge in [0.05, 0.1) is 22.4 Å². The first-order chi connectivity index (χ1) is 32.7. The van der Waals surface area contributed by atoms with Gasteiger partial charge >= 0.3 is 0 Å². The fourth-order valence-electron chi connectivity index (χ4n) is 10.1. The van der Waals surface area contributed by atoms with Gasteiger partial charge in [-0.2, -0.15) is 0 Å². The third-order valence-electron chi connectivity index (χ3n) is 13.9. The fraction of sp³-hybridized carbons (Fsp3) is 0.266. The average molecular weight is 907 g/mol. The summed E-state index contributed by atoms with van der Waals surface area (Å²) in [5, 5.41) is 2.35. The molecule has 0 fully saturated rings. The zero-order valence-corrected chi connectivity index (χ0v) is 42.6. The van der Waals surface area contributed by atoms with E-state index < -0.39 is 0 Å². The molecule has 0 N–H and O–H groups in total. The summed E-state index contributed by atoms with van der Waals surface area (Å²) < 4.78 is 9.21. The van der Waals surface area contributed by atoms with E-state index in [0.29, 0.717) is 6.67 Å². The van der Waals surface area contributed by atoms with Crippen molar-refractivity contribution in [1.29, 1.82) is 0 Å². The molecular weight excluding hydrogens is 841 g/mol. The third kappa shape index (κ3) is 8.69. The van der Waals surface area contributed by atoms with Crippen molar-refractivity contribution in [3.05, 3.63) is 192 Å². The van der Waals surface area contributed by atoms with E-state index in [1.807, 2.05) is 6.20 Å². The summed E-state index contributed by atoms with van der Waals surface area (Å²) in [7, 11) is 0. The maximum atomic E-state index is 6.88. The van der Waals surface area contributed by atoms with Gasteiger partial charge in [0.15, 0.2) is 0 Å². The van der Waals surface area contributed by atoms with Crippen LogP contribution in [0.4, 0.5) is 22.7 Å². The lowest BCUT2D eigenvalue weighted by molar-refractivity contribution is 0.483. The first-order valence-electron chi connectivity index (χ1n) is 24.5. The van der Waals surface area contributed by atoms with E-state index >= 15 is 0 Å². The van der Waals surface area contributed by atoms with Crippen molar-refractivity contribution in [3.8, 4) is 39.6 Å². The highest BCUT2D eigenvalue weighted by Gasteiger charge is 2.31. The van der Waals surface area contributed by atoms with Crippen LogP contribution in [0.15, 0.2) is 170 Å². The maximum absolute atomic E-state index is 6.88. The summed E-state index contributed by atoms with van der Waals surface area (Å²) in [6.45, 7) is 28.3. The van der Waals surface area contributed by atoms with Gasteiger partial charge < -0.3 is 14.5 Å². The van der Waals surface area contributed by atoms with Crippen molar-refractivity contribution in [3.63, 3.8) is 0 Å². The standard InChI is InChI=1S/C64H66N4O/c1-61(2,3)45-22-18-23-47(37-45)66-41-67(57-27-17-16-26-56(57)66)48-24-19-25-49(39-48)69-50-29-30-51-52-38-46(62(4,5)6)28-31-55(52)68(58(51)40-50)59-36-43(32-33-65-59)60-53(63(7,8)9)34-44(35-54(60)64(10,11)12)42-20-14-13-15-21-42/h13-40H,41H2,1-12H3. The number of pyridine rings is 1. The largest absolute Gasteiger partial charge is 0.457 e. The number of para-hydroxylation sites is 2. The molecule has 0 spiro atoms. The highest BCUT2D eigenvalue weighted by molar-refractivity contribution is 6.10. The van der Waals surface area contributed by atoms with E-state index in [2.05, 4.69) is 261 Å². The van der Waals surface area contributed by atoms with Gasteiger partial charge in [0.2, 0.25) is 0 Å². The lowest BCUT2D eigenvalue weighted by Crippen LogP contribution is -2.24. The Hall–Kier alpha value is -7.11. The van der Waals surface area contributed by atoms with Crippen molar-refractivity contribution in [1.82, 2.24) is 9.55 Å². The molecular formula is C64H66N4O. The van der Waals surface area contributed by atoms with Crippen molar-refractivity contribution in [2.75, 3.05) is 16.5 Å². The summed E-state index contributed by atoms with van der Waals surface area (Å²) in [5.41, 5.74) is 16.7. The van der Waals surface area contributed by atoms with Crippen molar-refractivity contribution in [2.24, 2.45) is 0 Å². The zero-order chi connectivity index (χ0) is 48.6. The number of nitrogens with zero attached hydrogens (tertiary/aromatic N) is 4.